The summed E-state index contributed by atoms with van der Waals surface area (Å²) < 4.78 is 5.42. The van der Waals surface area contributed by atoms with Crippen molar-refractivity contribution in [2.45, 2.75) is 40.0 Å². The lowest BCUT2D eigenvalue weighted by atomic mass is 9.76. The van der Waals surface area contributed by atoms with Crippen LogP contribution in [0, 0.1) is 29.1 Å². The minimum atomic E-state index is -0.309. The molecule has 2 rings (SSSR count). The number of carbonyl (C=O) groups excluding carboxylic acids is 1. The first-order valence-electron chi connectivity index (χ1n) is 8.48. The molecule has 0 saturated heterocycles. The van der Waals surface area contributed by atoms with Crippen molar-refractivity contribution in [1.29, 1.82) is 5.26 Å². The minimum Gasteiger partial charge on any atom is -0.482 e. The summed E-state index contributed by atoms with van der Waals surface area (Å²) >= 11 is 0. The van der Waals surface area contributed by atoms with Crippen molar-refractivity contribution >= 4 is 11.6 Å². The highest BCUT2D eigenvalue weighted by atomic mass is 16.5. The summed E-state index contributed by atoms with van der Waals surface area (Å²) in [5.41, 5.74) is 4.10. The Balaban J connectivity index is 1.93. The van der Waals surface area contributed by atoms with E-state index >= 15 is 0 Å². The van der Waals surface area contributed by atoms with E-state index in [4.69, 9.17) is 10.00 Å². The highest BCUT2D eigenvalue weighted by Crippen LogP contribution is 2.31. The van der Waals surface area contributed by atoms with Crippen molar-refractivity contribution < 1.29 is 9.53 Å². The largest absolute Gasteiger partial charge is 0.482 e. The third kappa shape index (κ3) is 4.82. The van der Waals surface area contributed by atoms with Crippen molar-refractivity contribution in [3.63, 3.8) is 0 Å². The second kappa shape index (κ2) is 8.49. The standard InChI is InChI=1S/C19H25N3O2/c1-13(2)16-9-8-14(3)10-17(16)21-22-19(23)12-24-18-7-5-4-6-15(18)11-20/h4-7,13-14,16H,8-10,12H2,1-3H3,(H,22,23)/b21-17-/t14-,16+/m0/s1. The molecule has 0 spiro atoms. The predicted molar refractivity (Wildman–Crippen MR) is 93.6 cm³/mol. The molecule has 0 unspecified atom stereocenters. The molecule has 2 atom stereocenters. The predicted octanol–water partition coefficient (Wildman–Crippen LogP) is 3.50. The summed E-state index contributed by atoms with van der Waals surface area (Å²) in [7, 11) is 0. The van der Waals surface area contributed by atoms with Crippen LogP contribution >= 0.6 is 0 Å². The van der Waals surface area contributed by atoms with Crippen LogP contribution in [0.2, 0.25) is 0 Å². The van der Waals surface area contributed by atoms with Crippen molar-refractivity contribution in [3.05, 3.63) is 29.8 Å². The van der Waals surface area contributed by atoms with Crippen molar-refractivity contribution in [3.8, 4) is 11.8 Å². The second-order valence-electron chi connectivity index (χ2n) is 6.77. The van der Waals surface area contributed by atoms with E-state index in [1.54, 1.807) is 24.3 Å². The summed E-state index contributed by atoms with van der Waals surface area (Å²) in [6.07, 6.45) is 3.27. The molecule has 0 bridgehead atoms. The zero-order valence-corrected chi connectivity index (χ0v) is 14.6. The molecule has 1 saturated carbocycles. The normalized spacial score (nSPS) is 22.2. The molecule has 5 nitrogen and oxygen atoms in total. The minimum absolute atomic E-state index is 0.155. The maximum absolute atomic E-state index is 12.0. The number of nitrogens with one attached hydrogen (secondary N) is 1. The van der Waals surface area contributed by atoms with Gasteiger partial charge < -0.3 is 4.74 Å². The van der Waals surface area contributed by atoms with Gasteiger partial charge in [-0.05, 0) is 43.2 Å². The number of rotatable bonds is 5. The number of ether oxygens (including phenoxy) is 1. The summed E-state index contributed by atoms with van der Waals surface area (Å²) in [6.45, 7) is 6.45. The molecule has 0 radical (unpaired) electrons. The topological polar surface area (TPSA) is 74.5 Å². The van der Waals surface area contributed by atoms with Crippen LogP contribution in [0.15, 0.2) is 29.4 Å². The number of nitriles is 1. The molecular formula is C19H25N3O2. The maximum atomic E-state index is 12.0. The SMILES string of the molecule is CC(C)[C@H]1CC[C@H](C)C/C1=N/NC(=O)COc1ccccc1C#N. The van der Waals surface area contributed by atoms with Crippen LogP contribution in [0.25, 0.3) is 0 Å². The van der Waals surface area contributed by atoms with Gasteiger partial charge in [0.2, 0.25) is 0 Å². The molecule has 0 aromatic heterocycles. The van der Waals surface area contributed by atoms with Gasteiger partial charge in [0.15, 0.2) is 6.61 Å². The van der Waals surface area contributed by atoms with E-state index in [0.717, 1.165) is 18.6 Å². The van der Waals surface area contributed by atoms with E-state index in [1.807, 2.05) is 6.07 Å². The van der Waals surface area contributed by atoms with Crippen LogP contribution < -0.4 is 10.2 Å². The fourth-order valence-electron chi connectivity index (χ4n) is 3.08. The molecular weight excluding hydrogens is 302 g/mol. The summed E-state index contributed by atoms with van der Waals surface area (Å²) in [6, 6.07) is 8.90. The highest BCUT2D eigenvalue weighted by molar-refractivity contribution is 5.89. The van der Waals surface area contributed by atoms with Gasteiger partial charge in [-0.1, -0.05) is 32.9 Å². The van der Waals surface area contributed by atoms with E-state index in [0.29, 0.717) is 29.1 Å². The zero-order chi connectivity index (χ0) is 17.5. The second-order valence-corrected chi connectivity index (χ2v) is 6.77. The van der Waals surface area contributed by atoms with E-state index in [-0.39, 0.29) is 12.5 Å². The summed E-state index contributed by atoms with van der Waals surface area (Å²) in [5.74, 6) is 1.66. The number of benzene rings is 1. The van der Waals surface area contributed by atoms with Crippen LogP contribution in [0.5, 0.6) is 5.75 Å². The molecule has 1 aromatic rings. The van der Waals surface area contributed by atoms with Gasteiger partial charge in [-0.25, -0.2) is 5.43 Å². The van der Waals surface area contributed by atoms with Gasteiger partial charge in [0.1, 0.15) is 11.8 Å². The Morgan fingerprint density at radius 1 is 1.42 bits per heavy atom. The van der Waals surface area contributed by atoms with E-state index < -0.39 is 0 Å². The third-order valence-corrected chi connectivity index (χ3v) is 4.45. The average molecular weight is 327 g/mol. The van der Waals surface area contributed by atoms with Crippen LogP contribution in [0.3, 0.4) is 0 Å². The number of para-hydroxylation sites is 1. The molecule has 1 N–H and O–H groups in total. The van der Waals surface area contributed by atoms with Gasteiger partial charge in [-0.2, -0.15) is 10.4 Å². The Bertz CT molecular complexity index is 646. The molecule has 1 amide bonds. The lowest BCUT2D eigenvalue weighted by molar-refractivity contribution is -0.123. The molecule has 1 fully saturated rings. The van der Waals surface area contributed by atoms with Crippen LogP contribution in [0.1, 0.15) is 45.6 Å². The molecule has 1 aromatic carbocycles. The van der Waals surface area contributed by atoms with Crippen molar-refractivity contribution in [2.24, 2.45) is 22.9 Å². The molecule has 1 aliphatic rings. The summed E-state index contributed by atoms with van der Waals surface area (Å²) in [5, 5.41) is 13.4. The number of hydrogen-bond donors (Lipinski definition) is 1. The number of hydrazone groups is 1. The Hall–Kier alpha value is -2.35. The van der Waals surface area contributed by atoms with Crippen LogP contribution in [0.4, 0.5) is 0 Å². The molecule has 24 heavy (non-hydrogen) atoms. The zero-order valence-electron chi connectivity index (χ0n) is 14.6. The number of hydrogen-bond acceptors (Lipinski definition) is 4. The van der Waals surface area contributed by atoms with Crippen molar-refractivity contribution in [2.75, 3.05) is 6.61 Å². The monoisotopic (exact) mass is 327 g/mol. The van der Waals surface area contributed by atoms with E-state index in [9.17, 15) is 4.79 Å². The highest BCUT2D eigenvalue weighted by Gasteiger charge is 2.27. The van der Waals surface area contributed by atoms with Crippen LogP contribution in [-0.2, 0) is 4.79 Å². The molecule has 0 heterocycles. The van der Waals surface area contributed by atoms with Crippen molar-refractivity contribution in [1.82, 2.24) is 5.43 Å². The first kappa shape index (κ1) is 18.0. The van der Waals surface area contributed by atoms with Gasteiger partial charge in [-0.15, -0.1) is 0 Å². The summed E-state index contributed by atoms with van der Waals surface area (Å²) in [4.78, 5) is 12.0. The van der Waals surface area contributed by atoms with Crippen LogP contribution in [-0.4, -0.2) is 18.2 Å². The quantitative estimate of drug-likeness (QED) is 0.841. The first-order chi connectivity index (χ1) is 11.5. The molecule has 1 aliphatic carbocycles. The fraction of sp³-hybridized carbons (Fsp3) is 0.526. The average Bonchev–Trinajstić information content (AvgIpc) is 2.58. The Labute approximate surface area is 143 Å². The lowest BCUT2D eigenvalue weighted by Gasteiger charge is -2.30. The number of nitrogens with zero attached hydrogens (tertiary/aromatic N) is 2. The van der Waals surface area contributed by atoms with E-state index in [2.05, 4.69) is 31.3 Å². The maximum Gasteiger partial charge on any atom is 0.277 e. The van der Waals surface area contributed by atoms with Gasteiger partial charge in [-0.3, -0.25) is 4.79 Å². The Morgan fingerprint density at radius 3 is 2.88 bits per heavy atom. The van der Waals surface area contributed by atoms with E-state index in [1.165, 1.54) is 6.42 Å². The van der Waals surface area contributed by atoms with Gasteiger partial charge in [0.25, 0.3) is 5.91 Å². The molecule has 128 valence electrons. The van der Waals surface area contributed by atoms with Gasteiger partial charge in [0.05, 0.1) is 5.56 Å². The fourth-order valence-corrected chi connectivity index (χ4v) is 3.08. The number of amides is 1. The molecule has 0 aliphatic heterocycles. The first-order valence-corrected chi connectivity index (χ1v) is 8.48. The molecule has 5 heteroatoms. The number of carbonyl (C=O) groups is 1. The Morgan fingerprint density at radius 2 is 2.17 bits per heavy atom. The third-order valence-electron chi connectivity index (χ3n) is 4.45. The Kier molecular flexibility index (Phi) is 6.36. The lowest BCUT2D eigenvalue weighted by Crippen LogP contribution is -2.32. The van der Waals surface area contributed by atoms with Gasteiger partial charge >= 0.3 is 0 Å². The van der Waals surface area contributed by atoms with Gasteiger partial charge in [0, 0.05) is 11.6 Å². The smallest absolute Gasteiger partial charge is 0.277 e.